The Labute approximate surface area is 207 Å². The van der Waals surface area contributed by atoms with Crippen LogP contribution in [0, 0.1) is 5.82 Å². The van der Waals surface area contributed by atoms with Crippen molar-refractivity contribution in [2.24, 2.45) is 5.10 Å². The monoisotopic (exact) mass is 504 g/mol. The van der Waals surface area contributed by atoms with Crippen LogP contribution in [0.2, 0.25) is 10.0 Å². The lowest BCUT2D eigenvalue weighted by atomic mass is 10.2. The standard InChI is InChI=1S/C25H23Cl2FN2O4/c1-3-10-33-22-9-8-17(13-23(22)32-2)25(31)30-29-14-16-11-19(26)24(20(27)12-16)34-15-18-6-4-5-7-21(18)28/h4-9,11-14H,3,10,15H2,1-2H3,(H,30,31)/b29-14+. The van der Waals surface area contributed by atoms with Crippen LogP contribution in [0.1, 0.15) is 34.8 Å². The van der Waals surface area contributed by atoms with Crippen LogP contribution in [0.15, 0.2) is 59.7 Å². The van der Waals surface area contributed by atoms with Gasteiger partial charge in [0.25, 0.3) is 5.91 Å². The minimum Gasteiger partial charge on any atom is -0.493 e. The Bertz CT molecular complexity index is 1160. The van der Waals surface area contributed by atoms with Crippen LogP contribution in [0.4, 0.5) is 4.39 Å². The molecule has 3 aromatic carbocycles. The Morgan fingerprint density at radius 3 is 2.47 bits per heavy atom. The van der Waals surface area contributed by atoms with Crippen molar-refractivity contribution in [3.63, 3.8) is 0 Å². The number of ether oxygens (including phenoxy) is 3. The SMILES string of the molecule is CCCOc1ccc(C(=O)N/N=C/c2cc(Cl)c(OCc3ccccc3F)c(Cl)c2)cc1OC. The molecule has 0 aliphatic rings. The number of carbonyl (C=O) groups is 1. The molecule has 0 saturated carbocycles. The summed E-state index contributed by atoms with van der Waals surface area (Å²) in [6.07, 6.45) is 2.25. The molecule has 0 aromatic heterocycles. The van der Waals surface area contributed by atoms with Gasteiger partial charge < -0.3 is 14.2 Å². The van der Waals surface area contributed by atoms with Crippen molar-refractivity contribution in [3.8, 4) is 17.2 Å². The predicted molar refractivity (Wildman–Crippen MR) is 131 cm³/mol. The lowest BCUT2D eigenvalue weighted by Gasteiger charge is -2.11. The van der Waals surface area contributed by atoms with E-state index in [0.29, 0.717) is 34.8 Å². The van der Waals surface area contributed by atoms with Gasteiger partial charge in [0.15, 0.2) is 17.2 Å². The number of nitrogens with one attached hydrogen (secondary N) is 1. The lowest BCUT2D eigenvalue weighted by molar-refractivity contribution is 0.0954. The number of nitrogens with zero attached hydrogens (tertiary/aromatic N) is 1. The number of rotatable bonds is 10. The molecule has 3 rings (SSSR count). The summed E-state index contributed by atoms with van der Waals surface area (Å²) in [6, 6.07) is 14.3. The summed E-state index contributed by atoms with van der Waals surface area (Å²) in [4.78, 5) is 12.4. The summed E-state index contributed by atoms with van der Waals surface area (Å²) < 4.78 is 30.3. The van der Waals surface area contributed by atoms with Crippen LogP contribution in [-0.2, 0) is 6.61 Å². The highest BCUT2D eigenvalue weighted by Gasteiger charge is 2.12. The van der Waals surface area contributed by atoms with Crippen LogP contribution in [-0.4, -0.2) is 25.8 Å². The number of carbonyl (C=O) groups excluding carboxylic acids is 1. The minimum atomic E-state index is -0.432. The number of benzene rings is 3. The zero-order chi connectivity index (χ0) is 24.5. The van der Waals surface area contributed by atoms with Gasteiger partial charge in [0.1, 0.15) is 12.4 Å². The topological polar surface area (TPSA) is 69.2 Å². The highest BCUT2D eigenvalue weighted by Crippen LogP contribution is 2.34. The molecule has 0 aliphatic heterocycles. The van der Waals surface area contributed by atoms with Crippen molar-refractivity contribution in [1.29, 1.82) is 0 Å². The highest BCUT2D eigenvalue weighted by atomic mass is 35.5. The third kappa shape index (κ3) is 6.62. The fourth-order valence-corrected chi connectivity index (χ4v) is 3.54. The molecule has 9 heteroatoms. The number of hydrogen-bond donors (Lipinski definition) is 1. The van der Waals surface area contributed by atoms with Crippen molar-refractivity contribution >= 4 is 35.3 Å². The largest absolute Gasteiger partial charge is 0.493 e. The van der Waals surface area contributed by atoms with E-state index < -0.39 is 5.91 Å². The molecular formula is C25H23Cl2FN2O4. The average molecular weight is 505 g/mol. The molecular weight excluding hydrogens is 482 g/mol. The van der Waals surface area contributed by atoms with E-state index in [9.17, 15) is 9.18 Å². The van der Waals surface area contributed by atoms with Gasteiger partial charge in [0, 0.05) is 11.1 Å². The highest BCUT2D eigenvalue weighted by molar-refractivity contribution is 6.37. The molecule has 1 amide bonds. The third-order valence-electron chi connectivity index (χ3n) is 4.62. The van der Waals surface area contributed by atoms with Gasteiger partial charge in [0.2, 0.25) is 0 Å². The van der Waals surface area contributed by atoms with Gasteiger partial charge in [-0.2, -0.15) is 5.10 Å². The van der Waals surface area contributed by atoms with Gasteiger partial charge >= 0.3 is 0 Å². The van der Waals surface area contributed by atoms with E-state index in [4.69, 9.17) is 37.4 Å². The number of hydrazone groups is 1. The Balaban J connectivity index is 1.64. The number of hydrogen-bond acceptors (Lipinski definition) is 5. The van der Waals surface area contributed by atoms with Crippen LogP contribution in [0.25, 0.3) is 0 Å². The maximum absolute atomic E-state index is 13.8. The summed E-state index contributed by atoms with van der Waals surface area (Å²) in [5.41, 5.74) is 3.71. The molecule has 0 fully saturated rings. The first kappa shape index (κ1) is 25.3. The van der Waals surface area contributed by atoms with Crippen molar-refractivity contribution in [3.05, 3.63) is 87.2 Å². The molecule has 0 bridgehead atoms. The molecule has 0 spiro atoms. The quantitative estimate of drug-likeness (QED) is 0.260. The second-order valence-corrected chi connectivity index (χ2v) is 7.92. The molecule has 1 N–H and O–H groups in total. The van der Waals surface area contributed by atoms with E-state index in [0.717, 1.165) is 6.42 Å². The van der Waals surface area contributed by atoms with Gasteiger partial charge in [-0.3, -0.25) is 4.79 Å². The Kier molecular flexibility index (Phi) is 9.13. The molecule has 34 heavy (non-hydrogen) atoms. The van der Waals surface area contributed by atoms with Crippen molar-refractivity contribution in [2.45, 2.75) is 20.0 Å². The van der Waals surface area contributed by atoms with E-state index >= 15 is 0 Å². The summed E-state index contributed by atoms with van der Waals surface area (Å²) >= 11 is 12.6. The zero-order valence-electron chi connectivity index (χ0n) is 18.6. The first-order valence-electron chi connectivity index (χ1n) is 10.4. The van der Waals surface area contributed by atoms with Gasteiger partial charge in [-0.25, -0.2) is 9.82 Å². The van der Waals surface area contributed by atoms with Gasteiger partial charge in [-0.15, -0.1) is 0 Å². The molecule has 0 atom stereocenters. The van der Waals surface area contributed by atoms with Gasteiger partial charge in [-0.1, -0.05) is 48.3 Å². The van der Waals surface area contributed by atoms with Crippen molar-refractivity contribution < 1.29 is 23.4 Å². The van der Waals surface area contributed by atoms with Crippen LogP contribution in [0.3, 0.4) is 0 Å². The van der Waals surface area contributed by atoms with Crippen molar-refractivity contribution in [2.75, 3.05) is 13.7 Å². The lowest BCUT2D eigenvalue weighted by Crippen LogP contribution is -2.17. The molecule has 178 valence electrons. The molecule has 0 saturated heterocycles. The van der Waals surface area contributed by atoms with E-state index in [1.165, 1.54) is 19.4 Å². The normalized spacial score (nSPS) is 10.9. The fourth-order valence-electron chi connectivity index (χ4n) is 2.93. The maximum Gasteiger partial charge on any atom is 0.271 e. The summed E-state index contributed by atoms with van der Waals surface area (Å²) in [7, 11) is 1.51. The van der Waals surface area contributed by atoms with Gasteiger partial charge in [-0.05, 0) is 48.4 Å². The first-order chi connectivity index (χ1) is 16.4. The van der Waals surface area contributed by atoms with E-state index in [1.54, 1.807) is 48.5 Å². The van der Waals surface area contributed by atoms with E-state index in [-0.39, 0.29) is 28.2 Å². The van der Waals surface area contributed by atoms with Crippen LogP contribution >= 0.6 is 23.2 Å². The van der Waals surface area contributed by atoms with Crippen LogP contribution in [0.5, 0.6) is 17.2 Å². The fraction of sp³-hybridized carbons (Fsp3) is 0.200. The molecule has 3 aromatic rings. The Hall–Kier alpha value is -3.29. The van der Waals surface area contributed by atoms with E-state index in [2.05, 4.69) is 10.5 Å². The van der Waals surface area contributed by atoms with Crippen molar-refractivity contribution in [1.82, 2.24) is 5.43 Å². The second-order valence-electron chi connectivity index (χ2n) is 7.11. The smallest absolute Gasteiger partial charge is 0.271 e. The maximum atomic E-state index is 13.8. The zero-order valence-corrected chi connectivity index (χ0v) is 20.1. The molecule has 0 radical (unpaired) electrons. The Morgan fingerprint density at radius 1 is 1.06 bits per heavy atom. The summed E-state index contributed by atoms with van der Waals surface area (Å²) in [5.74, 6) is 0.430. The summed E-state index contributed by atoms with van der Waals surface area (Å²) in [6.45, 7) is 2.52. The minimum absolute atomic E-state index is 0.0264. The molecule has 0 aliphatic carbocycles. The average Bonchev–Trinajstić information content (AvgIpc) is 2.83. The number of methoxy groups -OCH3 is 1. The van der Waals surface area contributed by atoms with Crippen LogP contribution < -0.4 is 19.6 Å². The molecule has 0 unspecified atom stereocenters. The predicted octanol–water partition coefficient (Wildman–Crippen LogP) is 6.27. The number of halogens is 3. The number of amides is 1. The third-order valence-corrected chi connectivity index (χ3v) is 5.18. The van der Waals surface area contributed by atoms with E-state index in [1.807, 2.05) is 6.92 Å². The first-order valence-corrected chi connectivity index (χ1v) is 11.2. The Morgan fingerprint density at radius 2 is 1.79 bits per heavy atom. The van der Waals surface area contributed by atoms with Gasteiger partial charge in [0.05, 0.1) is 30.0 Å². The second kappa shape index (κ2) is 12.3. The molecule has 6 nitrogen and oxygen atoms in total. The summed E-state index contributed by atoms with van der Waals surface area (Å²) in [5, 5.41) is 4.41. The molecule has 0 heterocycles.